The molecule has 1 aliphatic heterocycles. The number of para-hydroxylation sites is 1. The molecule has 5 heteroatoms. The van der Waals surface area contributed by atoms with Crippen molar-refractivity contribution in [2.75, 3.05) is 33.8 Å². The van der Waals surface area contributed by atoms with E-state index in [0.717, 1.165) is 32.6 Å². The molecular formula is C20H25N3O2. The predicted molar refractivity (Wildman–Crippen MR) is 97.6 cm³/mol. The number of methoxy groups -OCH3 is 1. The highest BCUT2D eigenvalue weighted by Crippen LogP contribution is 2.24. The normalized spacial score (nSPS) is 17.1. The number of carbonyl (C=O) groups excluding carboxylic acids is 1. The van der Waals surface area contributed by atoms with E-state index >= 15 is 0 Å². The molecule has 3 rings (SSSR count). The Kier molecular flexibility index (Phi) is 5.66. The smallest absolute Gasteiger partial charge is 0.257 e. The molecule has 132 valence electrons. The molecule has 5 nitrogen and oxygen atoms in total. The van der Waals surface area contributed by atoms with Crippen LogP contribution in [0.25, 0.3) is 0 Å². The lowest BCUT2D eigenvalue weighted by atomic mass is 10.1. The molecular weight excluding hydrogens is 314 g/mol. The fraction of sp³-hybridized carbons (Fsp3) is 0.400. The third kappa shape index (κ3) is 4.37. The number of amides is 1. The van der Waals surface area contributed by atoms with Gasteiger partial charge in [0.05, 0.1) is 12.7 Å². The molecule has 0 N–H and O–H groups in total. The summed E-state index contributed by atoms with van der Waals surface area (Å²) in [5, 5.41) is 0. The lowest BCUT2D eigenvalue weighted by Gasteiger charge is -2.22. The topological polar surface area (TPSA) is 45.7 Å². The number of pyridine rings is 1. The van der Waals surface area contributed by atoms with E-state index in [1.54, 1.807) is 13.3 Å². The summed E-state index contributed by atoms with van der Waals surface area (Å²) >= 11 is 0. The second-order valence-electron chi connectivity index (χ2n) is 6.66. The maximum atomic E-state index is 12.8. The van der Waals surface area contributed by atoms with E-state index in [1.807, 2.05) is 41.4 Å². The van der Waals surface area contributed by atoms with Gasteiger partial charge in [-0.1, -0.05) is 18.2 Å². The van der Waals surface area contributed by atoms with Gasteiger partial charge >= 0.3 is 0 Å². The lowest BCUT2D eigenvalue weighted by Crippen LogP contribution is -2.31. The van der Waals surface area contributed by atoms with Crippen LogP contribution in [0.4, 0.5) is 0 Å². The van der Waals surface area contributed by atoms with Gasteiger partial charge in [-0.15, -0.1) is 0 Å². The van der Waals surface area contributed by atoms with Crippen molar-refractivity contribution in [3.63, 3.8) is 0 Å². The monoisotopic (exact) mass is 339 g/mol. The number of ether oxygens (including phenoxy) is 1. The molecule has 1 aromatic heterocycles. The van der Waals surface area contributed by atoms with Gasteiger partial charge in [-0.2, -0.15) is 0 Å². The molecule has 2 aromatic rings. The fourth-order valence-corrected chi connectivity index (χ4v) is 3.47. The third-order valence-electron chi connectivity index (χ3n) is 4.66. The van der Waals surface area contributed by atoms with Crippen LogP contribution in [0.1, 0.15) is 22.3 Å². The third-order valence-corrected chi connectivity index (χ3v) is 4.66. The van der Waals surface area contributed by atoms with Crippen LogP contribution in [-0.4, -0.2) is 54.5 Å². The summed E-state index contributed by atoms with van der Waals surface area (Å²) in [4.78, 5) is 21.2. The standard InChI is InChI=1S/C20H25N3O2/c1-22(13-16-6-5-10-21-12-16)14-17-9-11-23(15-17)20(24)18-7-3-4-8-19(18)25-2/h3-8,10,12,17H,9,11,13-15H2,1-2H3/t17-/m1/s1. The van der Waals surface area contributed by atoms with Gasteiger partial charge in [0.1, 0.15) is 5.75 Å². The molecule has 0 saturated carbocycles. The van der Waals surface area contributed by atoms with E-state index in [0.29, 0.717) is 17.2 Å². The van der Waals surface area contributed by atoms with E-state index in [2.05, 4.69) is 23.0 Å². The van der Waals surface area contributed by atoms with Crippen LogP contribution in [0.2, 0.25) is 0 Å². The summed E-state index contributed by atoms with van der Waals surface area (Å²) in [6, 6.07) is 11.5. The Morgan fingerprint density at radius 1 is 1.32 bits per heavy atom. The van der Waals surface area contributed by atoms with Crippen molar-refractivity contribution in [2.45, 2.75) is 13.0 Å². The average molecular weight is 339 g/mol. The van der Waals surface area contributed by atoms with E-state index in [9.17, 15) is 4.79 Å². The number of carbonyl (C=O) groups is 1. The molecule has 0 radical (unpaired) electrons. The molecule has 25 heavy (non-hydrogen) atoms. The van der Waals surface area contributed by atoms with Gasteiger partial charge in [0.25, 0.3) is 5.91 Å². The Balaban J connectivity index is 1.55. The molecule has 0 aliphatic carbocycles. The second-order valence-corrected chi connectivity index (χ2v) is 6.66. The van der Waals surface area contributed by atoms with Crippen LogP contribution in [0.5, 0.6) is 5.75 Å². The molecule has 1 aliphatic rings. The summed E-state index contributed by atoms with van der Waals surface area (Å²) in [5.74, 6) is 1.21. The first kappa shape index (κ1) is 17.4. The Morgan fingerprint density at radius 2 is 2.16 bits per heavy atom. The van der Waals surface area contributed by atoms with Gasteiger partial charge in [-0.25, -0.2) is 0 Å². The Hall–Kier alpha value is -2.40. The molecule has 0 unspecified atom stereocenters. The number of benzene rings is 1. The maximum absolute atomic E-state index is 12.8. The minimum absolute atomic E-state index is 0.0647. The molecule has 0 bridgehead atoms. The second kappa shape index (κ2) is 8.12. The lowest BCUT2D eigenvalue weighted by molar-refractivity contribution is 0.0781. The molecule has 1 atom stereocenters. The zero-order valence-corrected chi connectivity index (χ0v) is 14.9. The van der Waals surface area contributed by atoms with Crippen LogP contribution in [0.3, 0.4) is 0 Å². The molecule has 2 heterocycles. The number of likely N-dealkylation sites (tertiary alicyclic amines) is 1. The zero-order chi connectivity index (χ0) is 17.6. The van der Waals surface area contributed by atoms with Gasteiger partial charge in [-0.3, -0.25) is 9.78 Å². The predicted octanol–water partition coefficient (Wildman–Crippen LogP) is 2.68. The molecule has 1 saturated heterocycles. The number of rotatable bonds is 6. The summed E-state index contributed by atoms with van der Waals surface area (Å²) in [6.45, 7) is 3.46. The summed E-state index contributed by atoms with van der Waals surface area (Å²) in [7, 11) is 3.73. The highest BCUT2D eigenvalue weighted by molar-refractivity contribution is 5.97. The number of nitrogens with zero attached hydrogens (tertiary/aromatic N) is 3. The first-order valence-corrected chi connectivity index (χ1v) is 8.67. The van der Waals surface area contributed by atoms with Crippen LogP contribution in [0, 0.1) is 5.92 Å². The highest BCUT2D eigenvalue weighted by Gasteiger charge is 2.28. The highest BCUT2D eigenvalue weighted by atomic mass is 16.5. The zero-order valence-electron chi connectivity index (χ0n) is 14.9. The first-order chi connectivity index (χ1) is 12.2. The Bertz CT molecular complexity index is 705. The molecule has 1 fully saturated rings. The summed E-state index contributed by atoms with van der Waals surface area (Å²) in [5.41, 5.74) is 1.86. The van der Waals surface area contributed by atoms with E-state index in [1.165, 1.54) is 5.56 Å². The van der Waals surface area contributed by atoms with Crippen molar-refractivity contribution in [2.24, 2.45) is 5.92 Å². The average Bonchev–Trinajstić information content (AvgIpc) is 3.10. The van der Waals surface area contributed by atoms with Crippen molar-refractivity contribution in [1.29, 1.82) is 0 Å². The van der Waals surface area contributed by atoms with Crippen LogP contribution in [0.15, 0.2) is 48.8 Å². The summed E-state index contributed by atoms with van der Waals surface area (Å²) in [6.07, 6.45) is 4.74. The van der Waals surface area contributed by atoms with Crippen molar-refractivity contribution in [1.82, 2.24) is 14.8 Å². The van der Waals surface area contributed by atoms with E-state index in [-0.39, 0.29) is 5.91 Å². The Morgan fingerprint density at radius 3 is 2.92 bits per heavy atom. The number of hydrogen-bond acceptors (Lipinski definition) is 4. The fourth-order valence-electron chi connectivity index (χ4n) is 3.47. The van der Waals surface area contributed by atoms with Gasteiger partial charge in [0, 0.05) is 38.6 Å². The van der Waals surface area contributed by atoms with Crippen LogP contribution in [-0.2, 0) is 6.54 Å². The van der Waals surface area contributed by atoms with Crippen molar-refractivity contribution < 1.29 is 9.53 Å². The van der Waals surface area contributed by atoms with Crippen LogP contribution >= 0.6 is 0 Å². The first-order valence-electron chi connectivity index (χ1n) is 8.67. The number of aromatic nitrogens is 1. The summed E-state index contributed by atoms with van der Waals surface area (Å²) < 4.78 is 5.32. The molecule has 1 amide bonds. The van der Waals surface area contributed by atoms with Gasteiger partial charge < -0.3 is 14.5 Å². The molecule has 0 spiro atoms. The quantitative estimate of drug-likeness (QED) is 0.812. The van der Waals surface area contributed by atoms with Crippen molar-refractivity contribution in [3.8, 4) is 5.75 Å². The van der Waals surface area contributed by atoms with Crippen molar-refractivity contribution >= 4 is 5.91 Å². The largest absolute Gasteiger partial charge is 0.496 e. The van der Waals surface area contributed by atoms with Crippen LogP contribution < -0.4 is 4.74 Å². The maximum Gasteiger partial charge on any atom is 0.257 e. The van der Waals surface area contributed by atoms with Gasteiger partial charge in [0.15, 0.2) is 0 Å². The van der Waals surface area contributed by atoms with Gasteiger partial charge in [-0.05, 0) is 43.1 Å². The van der Waals surface area contributed by atoms with E-state index in [4.69, 9.17) is 4.74 Å². The Labute approximate surface area is 149 Å². The minimum Gasteiger partial charge on any atom is -0.496 e. The molecule has 1 aromatic carbocycles. The SMILES string of the molecule is COc1ccccc1C(=O)N1CC[C@H](CN(C)Cc2cccnc2)C1. The van der Waals surface area contributed by atoms with E-state index < -0.39 is 0 Å². The minimum atomic E-state index is 0.0647. The van der Waals surface area contributed by atoms with Gasteiger partial charge in [0.2, 0.25) is 0 Å². The van der Waals surface area contributed by atoms with Crippen molar-refractivity contribution in [3.05, 3.63) is 59.9 Å². The number of hydrogen-bond donors (Lipinski definition) is 0.